The first kappa shape index (κ1) is 19.8. The molecule has 0 atom stereocenters. The molecule has 3 rings (SSSR count). The van der Waals surface area contributed by atoms with Crippen molar-refractivity contribution in [2.75, 3.05) is 33.2 Å². The van der Waals surface area contributed by atoms with Crippen LogP contribution in [-0.4, -0.2) is 54.1 Å². The Balaban J connectivity index is 0.00000225. The van der Waals surface area contributed by atoms with Gasteiger partial charge in [0.05, 0.1) is 5.69 Å². The molecular formula is C17H26IN5O2. The molecule has 1 fully saturated rings. The quantitative estimate of drug-likeness (QED) is 0.430. The van der Waals surface area contributed by atoms with Crippen molar-refractivity contribution >= 4 is 29.9 Å². The van der Waals surface area contributed by atoms with E-state index in [4.69, 9.17) is 8.94 Å². The number of hydrogen-bond donors (Lipinski definition) is 1. The molecule has 7 nitrogen and oxygen atoms in total. The molecule has 8 heteroatoms. The summed E-state index contributed by atoms with van der Waals surface area (Å²) in [6.07, 6.45) is 1.62. The maximum absolute atomic E-state index is 5.58. The summed E-state index contributed by atoms with van der Waals surface area (Å²) in [5, 5.41) is 7.42. The van der Waals surface area contributed by atoms with Gasteiger partial charge in [0.1, 0.15) is 17.8 Å². The number of nitrogens with zero attached hydrogens (tertiary/aromatic N) is 4. The maximum atomic E-state index is 5.58. The molecule has 2 aromatic rings. The predicted molar refractivity (Wildman–Crippen MR) is 107 cm³/mol. The normalized spacial score (nSPS) is 16.0. The van der Waals surface area contributed by atoms with Crippen molar-refractivity contribution in [2.45, 2.75) is 26.9 Å². The van der Waals surface area contributed by atoms with Gasteiger partial charge in [-0.2, -0.15) is 0 Å². The molecule has 0 aliphatic carbocycles. The van der Waals surface area contributed by atoms with E-state index in [0.717, 1.165) is 62.4 Å². The molecule has 2 aromatic heterocycles. The molecule has 1 saturated heterocycles. The maximum Gasteiger partial charge on any atom is 0.194 e. The average molecular weight is 459 g/mol. The third kappa shape index (κ3) is 5.21. The summed E-state index contributed by atoms with van der Waals surface area (Å²) in [5.74, 6) is 2.85. The average Bonchev–Trinajstić information content (AvgIpc) is 3.19. The van der Waals surface area contributed by atoms with Gasteiger partial charge in [0, 0.05) is 57.9 Å². The Morgan fingerprint density at radius 3 is 2.60 bits per heavy atom. The molecule has 1 aliphatic heterocycles. The van der Waals surface area contributed by atoms with E-state index in [-0.39, 0.29) is 24.0 Å². The van der Waals surface area contributed by atoms with Gasteiger partial charge < -0.3 is 19.2 Å². The molecule has 0 saturated carbocycles. The number of nitrogens with one attached hydrogen (secondary N) is 1. The van der Waals surface area contributed by atoms with Crippen LogP contribution in [0.2, 0.25) is 0 Å². The molecule has 0 aromatic carbocycles. The van der Waals surface area contributed by atoms with Gasteiger partial charge in [-0.3, -0.25) is 9.89 Å². The fourth-order valence-corrected chi connectivity index (χ4v) is 3.03. The lowest BCUT2D eigenvalue weighted by atomic mass is 10.2. The van der Waals surface area contributed by atoms with Gasteiger partial charge in [-0.1, -0.05) is 5.16 Å². The highest BCUT2D eigenvalue weighted by molar-refractivity contribution is 14.0. The first-order valence-corrected chi connectivity index (χ1v) is 8.29. The molecule has 3 heterocycles. The second kappa shape index (κ2) is 9.23. The summed E-state index contributed by atoms with van der Waals surface area (Å²) in [4.78, 5) is 9.09. The third-order valence-corrected chi connectivity index (χ3v) is 4.34. The lowest BCUT2D eigenvalue weighted by Crippen LogP contribution is -2.52. The number of aromatic nitrogens is 1. The zero-order valence-corrected chi connectivity index (χ0v) is 17.3. The minimum Gasteiger partial charge on any atom is -0.466 e. The first-order valence-electron chi connectivity index (χ1n) is 8.29. The molecular weight excluding hydrogens is 433 g/mol. The summed E-state index contributed by atoms with van der Waals surface area (Å²) >= 11 is 0. The van der Waals surface area contributed by atoms with Gasteiger partial charge in [-0.05, 0) is 19.9 Å². The third-order valence-electron chi connectivity index (χ3n) is 4.34. The SMILES string of the molecule is CN=C(NCc1cc(C)oc1C)N1CCN(Cc2ccon2)CC1.I. The summed E-state index contributed by atoms with van der Waals surface area (Å²) in [6.45, 7) is 9.39. The summed E-state index contributed by atoms with van der Waals surface area (Å²) in [6, 6.07) is 3.99. The zero-order chi connectivity index (χ0) is 16.9. The molecule has 0 spiro atoms. The topological polar surface area (TPSA) is 70.0 Å². The van der Waals surface area contributed by atoms with E-state index in [1.807, 2.05) is 27.0 Å². The van der Waals surface area contributed by atoms with Crippen LogP contribution in [0.3, 0.4) is 0 Å². The molecule has 1 aliphatic rings. The smallest absolute Gasteiger partial charge is 0.194 e. The van der Waals surface area contributed by atoms with Crippen molar-refractivity contribution in [3.63, 3.8) is 0 Å². The van der Waals surface area contributed by atoms with E-state index in [9.17, 15) is 0 Å². The highest BCUT2D eigenvalue weighted by atomic mass is 127. The fourth-order valence-electron chi connectivity index (χ4n) is 3.03. The first-order chi connectivity index (χ1) is 11.7. The summed E-state index contributed by atoms with van der Waals surface area (Å²) < 4.78 is 10.5. The lowest BCUT2D eigenvalue weighted by Gasteiger charge is -2.36. The van der Waals surface area contributed by atoms with Crippen molar-refractivity contribution in [1.29, 1.82) is 0 Å². The second-order valence-electron chi connectivity index (χ2n) is 6.09. The van der Waals surface area contributed by atoms with Gasteiger partial charge in [-0.25, -0.2) is 0 Å². The number of guanidine groups is 1. The van der Waals surface area contributed by atoms with Crippen LogP contribution in [0.25, 0.3) is 0 Å². The Kier molecular flexibility index (Phi) is 7.30. The molecule has 1 N–H and O–H groups in total. The van der Waals surface area contributed by atoms with Gasteiger partial charge in [0.25, 0.3) is 0 Å². The largest absolute Gasteiger partial charge is 0.466 e. The predicted octanol–water partition coefficient (Wildman–Crippen LogP) is 2.40. The highest BCUT2D eigenvalue weighted by Crippen LogP contribution is 2.13. The molecule has 0 radical (unpaired) electrons. The lowest BCUT2D eigenvalue weighted by molar-refractivity contribution is 0.169. The van der Waals surface area contributed by atoms with Gasteiger partial charge in [0.15, 0.2) is 5.96 Å². The van der Waals surface area contributed by atoms with E-state index in [2.05, 4.69) is 31.3 Å². The monoisotopic (exact) mass is 459 g/mol. The molecule has 138 valence electrons. The Hall–Kier alpha value is -1.55. The van der Waals surface area contributed by atoms with Crippen LogP contribution in [0.5, 0.6) is 0 Å². The number of piperazine rings is 1. The van der Waals surface area contributed by atoms with Crippen molar-refractivity contribution in [3.05, 3.63) is 41.2 Å². The van der Waals surface area contributed by atoms with Crippen LogP contribution >= 0.6 is 24.0 Å². The van der Waals surface area contributed by atoms with Crippen molar-refractivity contribution in [2.24, 2.45) is 4.99 Å². The highest BCUT2D eigenvalue weighted by Gasteiger charge is 2.20. The Labute approximate surface area is 165 Å². The molecule has 0 bridgehead atoms. The number of hydrogen-bond acceptors (Lipinski definition) is 5. The molecule has 0 unspecified atom stereocenters. The zero-order valence-electron chi connectivity index (χ0n) is 15.0. The van der Waals surface area contributed by atoms with Crippen LogP contribution in [0.1, 0.15) is 22.8 Å². The fraction of sp³-hybridized carbons (Fsp3) is 0.529. The Bertz CT molecular complexity index is 675. The summed E-state index contributed by atoms with van der Waals surface area (Å²) in [5.41, 5.74) is 2.16. The van der Waals surface area contributed by atoms with E-state index in [1.54, 1.807) is 6.26 Å². The van der Waals surface area contributed by atoms with Crippen molar-refractivity contribution in [3.8, 4) is 0 Å². The van der Waals surface area contributed by atoms with Crippen LogP contribution in [0.4, 0.5) is 0 Å². The van der Waals surface area contributed by atoms with E-state index in [0.29, 0.717) is 0 Å². The van der Waals surface area contributed by atoms with Gasteiger partial charge in [-0.15, -0.1) is 24.0 Å². The minimum atomic E-state index is 0. The molecule has 25 heavy (non-hydrogen) atoms. The molecule has 0 amide bonds. The minimum absolute atomic E-state index is 0. The van der Waals surface area contributed by atoms with E-state index >= 15 is 0 Å². The number of furan rings is 1. The van der Waals surface area contributed by atoms with Crippen LogP contribution in [-0.2, 0) is 13.1 Å². The number of rotatable bonds is 4. The summed E-state index contributed by atoms with van der Waals surface area (Å²) in [7, 11) is 1.83. The Morgan fingerprint density at radius 2 is 2.04 bits per heavy atom. The van der Waals surface area contributed by atoms with Crippen LogP contribution < -0.4 is 5.32 Å². The van der Waals surface area contributed by atoms with Gasteiger partial charge in [0.2, 0.25) is 0 Å². The van der Waals surface area contributed by atoms with Crippen LogP contribution in [0.15, 0.2) is 32.3 Å². The van der Waals surface area contributed by atoms with E-state index < -0.39 is 0 Å². The van der Waals surface area contributed by atoms with E-state index in [1.165, 1.54) is 5.56 Å². The van der Waals surface area contributed by atoms with Crippen LogP contribution in [0, 0.1) is 13.8 Å². The Morgan fingerprint density at radius 1 is 1.28 bits per heavy atom. The van der Waals surface area contributed by atoms with Crippen molar-refractivity contribution in [1.82, 2.24) is 20.3 Å². The number of aliphatic imine (C=N–C) groups is 1. The number of halogens is 1. The standard InChI is InChI=1S/C17H25N5O2.HI/c1-13-10-15(14(2)24-13)11-19-17(18-3)22-7-5-21(6-8-22)12-16-4-9-23-20-16;/h4,9-10H,5-8,11-12H2,1-3H3,(H,18,19);1H. The van der Waals surface area contributed by atoms with Crippen molar-refractivity contribution < 1.29 is 8.94 Å². The van der Waals surface area contributed by atoms with Gasteiger partial charge >= 0.3 is 0 Å². The second-order valence-corrected chi connectivity index (χ2v) is 6.09. The number of aryl methyl sites for hydroxylation is 2.